The van der Waals surface area contributed by atoms with Crippen molar-refractivity contribution < 1.29 is 4.79 Å². The van der Waals surface area contributed by atoms with Crippen molar-refractivity contribution >= 4 is 5.91 Å². The molecule has 100 valence electrons. The minimum absolute atomic E-state index is 0.221. The molecule has 2 unspecified atom stereocenters. The molecular formula is C13H27N3O. The first-order valence-corrected chi connectivity index (χ1v) is 6.69. The highest BCUT2D eigenvalue weighted by Crippen LogP contribution is 2.30. The molecule has 1 aliphatic carbocycles. The van der Waals surface area contributed by atoms with Crippen molar-refractivity contribution in [1.29, 1.82) is 0 Å². The number of nitrogens with one attached hydrogen (secondary N) is 1. The lowest BCUT2D eigenvalue weighted by atomic mass is 9.80. The third kappa shape index (κ3) is 4.28. The summed E-state index contributed by atoms with van der Waals surface area (Å²) in [4.78, 5) is 14.5. The van der Waals surface area contributed by atoms with Gasteiger partial charge in [0.1, 0.15) is 0 Å². The molecule has 1 aliphatic rings. The van der Waals surface area contributed by atoms with Gasteiger partial charge in [-0.15, -0.1) is 0 Å². The zero-order valence-electron chi connectivity index (χ0n) is 11.7. The Morgan fingerprint density at radius 1 is 1.24 bits per heavy atom. The maximum atomic E-state index is 12.4. The van der Waals surface area contributed by atoms with Crippen molar-refractivity contribution in [2.45, 2.75) is 32.6 Å². The van der Waals surface area contributed by atoms with Gasteiger partial charge in [-0.3, -0.25) is 9.80 Å². The molecule has 1 N–H and O–H groups in total. The second-order valence-electron chi connectivity index (χ2n) is 5.38. The molecule has 1 fully saturated rings. The Morgan fingerprint density at radius 3 is 2.41 bits per heavy atom. The minimum Gasteiger partial charge on any atom is -0.308 e. The summed E-state index contributed by atoms with van der Waals surface area (Å²) in [5.41, 5.74) is 3.03. The Kier molecular flexibility index (Phi) is 5.92. The summed E-state index contributed by atoms with van der Waals surface area (Å²) in [6.07, 6.45) is 4.73. The Labute approximate surface area is 105 Å². The molecule has 1 amide bonds. The van der Waals surface area contributed by atoms with Gasteiger partial charge < -0.3 is 4.90 Å². The molecule has 4 heteroatoms. The molecule has 2 atom stereocenters. The number of rotatable bonds is 5. The Balaban J connectivity index is 2.52. The van der Waals surface area contributed by atoms with Crippen LogP contribution in [0.15, 0.2) is 0 Å². The first-order chi connectivity index (χ1) is 8.06. The predicted molar refractivity (Wildman–Crippen MR) is 70.4 cm³/mol. The number of hydrogen-bond acceptors (Lipinski definition) is 3. The molecule has 0 heterocycles. The van der Waals surface area contributed by atoms with Crippen molar-refractivity contribution in [3.8, 4) is 0 Å². The molecule has 0 spiro atoms. The summed E-state index contributed by atoms with van der Waals surface area (Å²) >= 11 is 0. The number of carbonyl (C=O) groups excluding carboxylic acids is 1. The summed E-state index contributed by atoms with van der Waals surface area (Å²) in [5, 5.41) is 1.78. The first-order valence-electron chi connectivity index (χ1n) is 6.69. The van der Waals surface area contributed by atoms with Crippen LogP contribution in [-0.4, -0.2) is 50.0 Å². The van der Waals surface area contributed by atoms with E-state index in [1.165, 1.54) is 19.3 Å². The van der Waals surface area contributed by atoms with E-state index in [1.54, 1.807) is 5.01 Å². The van der Waals surface area contributed by atoms with Gasteiger partial charge in [0.25, 0.3) is 0 Å². The van der Waals surface area contributed by atoms with Crippen LogP contribution in [0, 0.1) is 11.8 Å². The number of hydrazine groups is 1. The first kappa shape index (κ1) is 14.5. The van der Waals surface area contributed by atoms with Crippen LogP contribution in [0.4, 0.5) is 0 Å². The molecule has 0 saturated heterocycles. The molecule has 0 aliphatic heterocycles. The summed E-state index contributed by atoms with van der Waals surface area (Å²) in [5.74, 6) is 1.03. The SMILES string of the molecule is CNN(CCN(C)C)C(=O)C1CCCCC1C. The Bertz CT molecular complexity index is 243. The third-order valence-electron chi connectivity index (χ3n) is 3.74. The molecule has 0 aromatic rings. The van der Waals surface area contributed by atoms with Crippen LogP contribution in [0.1, 0.15) is 32.6 Å². The van der Waals surface area contributed by atoms with Gasteiger partial charge in [-0.1, -0.05) is 19.8 Å². The van der Waals surface area contributed by atoms with Gasteiger partial charge in [-0.25, -0.2) is 5.43 Å². The van der Waals surface area contributed by atoms with Gasteiger partial charge in [-0.05, 0) is 32.9 Å². The van der Waals surface area contributed by atoms with Gasteiger partial charge in [0.15, 0.2) is 0 Å². The van der Waals surface area contributed by atoms with E-state index in [1.807, 2.05) is 21.1 Å². The van der Waals surface area contributed by atoms with Gasteiger partial charge >= 0.3 is 0 Å². The highest BCUT2D eigenvalue weighted by atomic mass is 16.2. The fraction of sp³-hybridized carbons (Fsp3) is 0.923. The quantitative estimate of drug-likeness (QED) is 0.738. The van der Waals surface area contributed by atoms with Gasteiger partial charge in [0.05, 0.1) is 0 Å². The Morgan fingerprint density at radius 2 is 1.88 bits per heavy atom. The van der Waals surface area contributed by atoms with E-state index < -0.39 is 0 Å². The lowest BCUT2D eigenvalue weighted by molar-refractivity contribution is -0.141. The zero-order valence-corrected chi connectivity index (χ0v) is 11.7. The monoisotopic (exact) mass is 241 g/mol. The lowest BCUT2D eigenvalue weighted by Gasteiger charge is -2.33. The number of hydrogen-bond donors (Lipinski definition) is 1. The fourth-order valence-corrected chi connectivity index (χ4v) is 2.52. The minimum atomic E-state index is 0.221. The third-order valence-corrected chi connectivity index (χ3v) is 3.74. The standard InChI is InChI=1S/C13H27N3O/c1-11-7-5-6-8-12(11)13(17)16(14-2)10-9-15(3)4/h11-12,14H,5-10H2,1-4H3. The molecule has 0 bridgehead atoms. The van der Waals surface area contributed by atoms with E-state index in [9.17, 15) is 4.79 Å². The maximum Gasteiger partial charge on any atom is 0.240 e. The molecule has 17 heavy (non-hydrogen) atoms. The lowest BCUT2D eigenvalue weighted by Crippen LogP contribution is -2.48. The summed E-state index contributed by atoms with van der Waals surface area (Å²) in [7, 11) is 5.89. The topological polar surface area (TPSA) is 35.6 Å². The molecule has 0 aromatic carbocycles. The average Bonchev–Trinajstić information content (AvgIpc) is 2.29. The largest absolute Gasteiger partial charge is 0.308 e. The van der Waals surface area contributed by atoms with Gasteiger partial charge in [-0.2, -0.15) is 0 Å². The number of amides is 1. The van der Waals surface area contributed by atoms with Gasteiger partial charge in [0.2, 0.25) is 5.91 Å². The van der Waals surface area contributed by atoms with E-state index in [0.717, 1.165) is 19.5 Å². The number of carbonyl (C=O) groups is 1. The predicted octanol–water partition coefficient (Wildman–Crippen LogP) is 1.34. The highest BCUT2D eigenvalue weighted by Gasteiger charge is 2.30. The smallest absolute Gasteiger partial charge is 0.240 e. The summed E-state index contributed by atoms with van der Waals surface area (Å²) < 4.78 is 0. The highest BCUT2D eigenvalue weighted by molar-refractivity contribution is 5.78. The van der Waals surface area contributed by atoms with Crippen LogP contribution >= 0.6 is 0 Å². The van der Waals surface area contributed by atoms with Crippen molar-refractivity contribution in [3.05, 3.63) is 0 Å². The van der Waals surface area contributed by atoms with Crippen molar-refractivity contribution in [2.75, 3.05) is 34.2 Å². The van der Waals surface area contributed by atoms with Crippen molar-refractivity contribution in [1.82, 2.24) is 15.3 Å². The van der Waals surface area contributed by atoms with Crippen molar-refractivity contribution in [3.63, 3.8) is 0 Å². The van der Waals surface area contributed by atoms with E-state index in [2.05, 4.69) is 17.2 Å². The van der Waals surface area contributed by atoms with E-state index >= 15 is 0 Å². The molecule has 0 radical (unpaired) electrons. The summed E-state index contributed by atoms with van der Waals surface area (Å²) in [6, 6.07) is 0. The van der Waals surface area contributed by atoms with E-state index in [-0.39, 0.29) is 11.8 Å². The Hall–Kier alpha value is -0.610. The van der Waals surface area contributed by atoms with Crippen LogP contribution in [0.2, 0.25) is 0 Å². The molecule has 0 aromatic heterocycles. The average molecular weight is 241 g/mol. The number of nitrogens with zero attached hydrogens (tertiary/aromatic N) is 2. The normalized spacial score (nSPS) is 25.0. The van der Waals surface area contributed by atoms with Crippen molar-refractivity contribution in [2.24, 2.45) is 11.8 Å². The van der Waals surface area contributed by atoms with Crippen LogP contribution in [0.25, 0.3) is 0 Å². The zero-order chi connectivity index (χ0) is 12.8. The summed E-state index contributed by atoms with van der Waals surface area (Å²) in [6.45, 7) is 3.86. The molecule has 4 nitrogen and oxygen atoms in total. The van der Waals surface area contributed by atoms with Gasteiger partial charge in [0, 0.05) is 26.1 Å². The fourth-order valence-electron chi connectivity index (χ4n) is 2.52. The van der Waals surface area contributed by atoms with Crippen LogP contribution < -0.4 is 5.43 Å². The molecular weight excluding hydrogens is 214 g/mol. The van der Waals surface area contributed by atoms with E-state index in [4.69, 9.17) is 0 Å². The van der Waals surface area contributed by atoms with Crippen LogP contribution in [-0.2, 0) is 4.79 Å². The second kappa shape index (κ2) is 6.97. The van der Waals surface area contributed by atoms with Crippen LogP contribution in [0.5, 0.6) is 0 Å². The maximum absolute atomic E-state index is 12.4. The van der Waals surface area contributed by atoms with Crippen LogP contribution in [0.3, 0.4) is 0 Å². The molecule has 1 rings (SSSR count). The second-order valence-corrected chi connectivity index (χ2v) is 5.38. The molecule has 1 saturated carbocycles. The number of likely N-dealkylation sites (N-methyl/N-ethyl adjacent to an activating group) is 1. The van der Waals surface area contributed by atoms with E-state index in [0.29, 0.717) is 5.92 Å².